The van der Waals surface area contributed by atoms with Crippen LogP contribution in [0.25, 0.3) is 0 Å². The molecule has 0 radical (unpaired) electrons. The number of aryl methyl sites for hydroxylation is 1. The molecule has 0 aliphatic rings. The molecule has 1 N–H and O–H groups in total. The summed E-state index contributed by atoms with van der Waals surface area (Å²) in [7, 11) is 0. The van der Waals surface area contributed by atoms with Crippen molar-refractivity contribution >= 4 is 0 Å². The van der Waals surface area contributed by atoms with Crippen LogP contribution in [-0.4, -0.2) is 11.5 Å². The molecule has 112 valence electrons. The van der Waals surface area contributed by atoms with Gasteiger partial charge in [0.2, 0.25) is 0 Å². The molecule has 0 aliphatic carbocycles. The zero-order valence-electron chi connectivity index (χ0n) is 12.5. The van der Waals surface area contributed by atoms with Gasteiger partial charge < -0.3 is 10.1 Å². The minimum absolute atomic E-state index is 0.252. The molecule has 0 atom stereocenters. The Bertz CT molecular complexity index is 587. The third-order valence-corrected chi connectivity index (χ3v) is 3.13. The number of benzene rings is 1. The van der Waals surface area contributed by atoms with Crippen molar-refractivity contribution in [2.45, 2.75) is 33.4 Å². The van der Waals surface area contributed by atoms with Crippen LogP contribution in [0.15, 0.2) is 36.4 Å². The largest absolute Gasteiger partial charge is 0.487 e. The predicted molar refractivity (Wildman–Crippen MR) is 81.7 cm³/mol. The summed E-state index contributed by atoms with van der Waals surface area (Å²) in [6.07, 6.45) is 1.10. The molecule has 0 fully saturated rings. The van der Waals surface area contributed by atoms with E-state index in [4.69, 9.17) is 4.74 Å². The van der Waals surface area contributed by atoms with Crippen LogP contribution in [0.2, 0.25) is 0 Å². The Morgan fingerprint density at radius 1 is 1.19 bits per heavy atom. The van der Waals surface area contributed by atoms with E-state index in [1.807, 2.05) is 18.2 Å². The number of nitrogens with one attached hydrogen (secondary N) is 1. The van der Waals surface area contributed by atoms with Gasteiger partial charge in [-0.3, -0.25) is 4.98 Å². The number of rotatable bonds is 7. The summed E-state index contributed by atoms with van der Waals surface area (Å²) in [4.78, 5) is 4.52. The fourth-order valence-corrected chi connectivity index (χ4v) is 1.92. The summed E-state index contributed by atoms with van der Waals surface area (Å²) in [6, 6.07) is 10.7. The van der Waals surface area contributed by atoms with Gasteiger partial charge >= 0.3 is 0 Å². The third kappa shape index (κ3) is 4.83. The number of aromatic nitrogens is 1. The standard InChI is InChI=1S/C17H21FN2O/c1-3-9-19-11-14-5-4-6-15(20-14)12-21-16-8-7-13(2)17(18)10-16/h4-8,10,19H,3,9,11-12H2,1-2H3. The van der Waals surface area contributed by atoms with E-state index in [9.17, 15) is 4.39 Å². The first-order valence-electron chi connectivity index (χ1n) is 7.23. The van der Waals surface area contributed by atoms with Crippen molar-refractivity contribution < 1.29 is 9.13 Å². The Labute approximate surface area is 125 Å². The molecule has 1 aromatic carbocycles. The molecule has 1 heterocycles. The Balaban J connectivity index is 1.93. The van der Waals surface area contributed by atoms with Crippen molar-refractivity contribution in [3.63, 3.8) is 0 Å². The summed E-state index contributed by atoms with van der Waals surface area (Å²) in [6.45, 7) is 5.93. The monoisotopic (exact) mass is 288 g/mol. The average Bonchev–Trinajstić information content (AvgIpc) is 2.49. The summed E-state index contributed by atoms with van der Waals surface area (Å²) in [5.41, 5.74) is 2.44. The lowest BCUT2D eigenvalue weighted by Gasteiger charge is -2.08. The zero-order valence-corrected chi connectivity index (χ0v) is 12.5. The van der Waals surface area contributed by atoms with Crippen molar-refractivity contribution in [3.05, 3.63) is 59.2 Å². The van der Waals surface area contributed by atoms with Crippen molar-refractivity contribution in [3.8, 4) is 5.75 Å². The summed E-state index contributed by atoms with van der Waals surface area (Å²) < 4.78 is 19.0. The number of nitrogens with zero attached hydrogens (tertiary/aromatic N) is 1. The average molecular weight is 288 g/mol. The van der Waals surface area contributed by atoms with Gasteiger partial charge in [-0.05, 0) is 43.7 Å². The van der Waals surface area contributed by atoms with E-state index in [0.29, 0.717) is 17.9 Å². The maximum absolute atomic E-state index is 13.4. The van der Waals surface area contributed by atoms with Gasteiger partial charge in [0.25, 0.3) is 0 Å². The van der Waals surface area contributed by atoms with Gasteiger partial charge in [-0.25, -0.2) is 4.39 Å². The highest BCUT2D eigenvalue weighted by molar-refractivity contribution is 5.28. The molecule has 2 aromatic rings. The molecule has 2 rings (SSSR count). The lowest BCUT2D eigenvalue weighted by Crippen LogP contribution is -2.15. The third-order valence-electron chi connectivity index (χ3n) is 3.13. The minimum atomic E-state index is -0.252. The van der Waals surface area contributed by atoms with Gasteiger partial charge in [0.1, 0.15) is 18.2 Å². The Kier molecular flexibility index (Phi) is 5.69. The molecule has 0 spiro atoms. The van der Waals surface area contributed by atoms with Crippen LogP contribution in [0.1, 0.15) is 30.3 Å². The summed E-state index contributed by atoms with van der Waals surface area (Å²) >= 11 is 0. The summed E-state index contributed by atoms with van der Waals surface area (Å²) in [5, 5.41) is 3.31. The molecule has 0 aliphatic heterocycles. The van der Waals surface area contributed by atoms with E-state index in [1.54, 1.807) is 19.1 Å². The van der Waals surface area contributed by atoms with Crippen LogP contribution >= 0.6 is 0 Å². The Morgan fingerprint density at radius 3 is 2.76 bits per heavy atom. The molecule has 0 saturated heterocycles. The predicted octanol–water partition coefficient (Wildman–Crippen LogP) is 3.61. The van der Waals surface area contributed by atoms with Crippen LogP contribution in [0.4, 0.5) is 4.39 Å². The maximum atomic E-state index is 13.4. The summed E-state index contributed by atoms with van der Waals surface area (Å²) in [5.74, 6) is 0.271. The van der Waals surface area contributed by atoms with E-state index in [2.05, 4.69) is 17.2 Å². The molecule has 3 nitrogen and oxygen atoms in total. The number of hydrogen-bond acceptors (Lipinski definition) is 3. The fraction of sp³-hybridized carbons (Fsp3) is 0.353. The molecule has 1 aromatic heterocycles. The van der Waals surface area contributed by atoms with E-state index >= 15 is 0 Å². The van der Waals surface area contributed by atoms with Crippen LogP contribution in [-0.2, 0) is 13.2 Å². The van der Waals surface area contributed by atoms with E-state index in [0.717, 1.165) is 30.9 Å². The number of halogens is 1. The first kappa shape index (κ1) is 15.4. The molecular formula is C17H21FN2O. The van der Waals surface area contributed by atoms with Crippen molar-refractivity contribution in [1.82, 2.24) is 10.3 Å². The fourth-order valence-electron chi connectivity index (χ4n) is 1.92. The molecule has 0 amide bonds. The number of pyridine rings is 1. The smallest absolute Gasteiger partial charge is 0.130 e. The van der Waals surface area contributed by atoms with Gasteiger partial charge in [0, 0.05) is 12.6 Å². The molecule has 0 saturated carbocycles. The van der Waals surface area contributed by atoms with E-state index in [-0.39, 0.29) is 5.82 Å². The maximum Gasteiger partial charge on any atom is 0.130 e. The zero-order chi connectivity index (χ0) is 15.1. The SMILES string of the molecule is CCCNCc1cccc(COc2ccc(C)c(F)c2)n1. The second kappa shape index (κ2) is 7.74. The van der Waals surface area contributed by atoms with E-state index < -0.39 is 0 Å². The number of ether oxygens (including phenoxy) is 1. The molecule has 21 heavy (non-hydrogen) atoms. The van der Waals surface area contributed by atoms with E-state index in [1.165, 1.54) is 6.07 Å². The van der Waals surface area contributed by atoms with Crippen molar-refractivity contribution in [1.29, 1.82) is 0 Å². The van der Waals surface area contributed by atoms with Gasteiger partial charge in [-0.1, -0.05) is 19.1 Å². The molecular weight excluding hydrogens is 267 g/mol. The first-order chi connectivity index (χ1) is 10.2. The van der Waals surface area contributed by atoms with Gasteiger partial charge in [0.15, 0.2) is 0 Å². The van der Waals surface area contributed by atoms with Crippen LogP contribution in [0.5, 0.6) is 5.75 Å². The van der Waals surface area contributed by atoms with Crippen LogP contribution in [0.3, 0.4) is 0 Å². The second-order valence-corrected chi connectivity index (χ2v) is 5.00. The first-order valence-corrected chi connectivity index (χ1v) is 7.23. The highest BCUT2D eigenvalue weighted by atomic mass is 19.1. The van der Waals surface area contributed by atoms with Gasteiger partial charge in [0.05, 0.1) is 11.4 Å². The van der Waals surface area contributed by atoms with Crippen molar-refractivity contribution in [2.75, 3.05) is 6.54 Å². The Hall–Kier alpha value is -1.94. The van der Waals surface area contributed by atoms with Crippen molar-refractivity contribution in [2.24, 2.45) is 0 Å². The highest BCUT2D eigenvalue weighted by Crippen LogP contribution is 2.17. The quantitative estimate of drug-likeness (QED) is 0.790. The molecule has 0 bridgehead atoms. The van der Waals surface area contributed by atoms with Crippen LogP contribution < -0.4 is 10.1 Å². The Morgan fingerprint density at radius 2 is 2.00 bits per heavy atom. The molecule has 4 heteroatoms. The number of hydrogen-bond donors (Lipinski definition) is 1. The molecule has 0 unspecified atom stereocenters. The van der Waals surface area contributed by atoms with Crippen LogP contribution in [0, 0.1) is 12.7 Å². The topological polar surface area (TPSA) is 34.1 Å². The highest BCUT2D eigenvalue weighted by Gasteiger charge is 2.02. The normalized spacial score (nSPS) is 10.6. The second-order valence-electron chi connectivity index (χ2n) is 5.00. The van der Waals surface area contributed by atoms with Gasteiger partial charge in [-0.2, -0.15) is 0 Å². The lowest BCUT2D eigenvalue weighted by atomic mass is 10.2. The lowest BCUT2D eigenvalue weighted by molar-refractivity contribution is 0.299. The van der Waals surface area contributed by atoms with Gasteiger partial charge in [-0.15, -0.1) is 0 Å². The minimum Gasteiger partial charge on any atom is -0.487 e.